The van der Waals surface area contributed by atoms with E-state index in [0.717, 1.165) is 30.1 Å². The number of nitrogens with one attached hydrogen (secondary N) is 2. The predicted octanol–water partition coefficient (Wildman–Crippen LogP) is 3.27. The summed E-state index contributed by atoms with van der Waals surface area (Å²) in [5, 5.41) is 6.31. The van der Waals surface area contributed by atoms with Crippen molar-refractivity contribution in [2.45, 2.75) is 45.6 Å². The molecular weight excluding hydrogens is 250 g/mol. The largest absolute Gasteiger partial charge is 0.367 e. The van der Waals surface area contributed by atoms with E-state index < -0.39 is 0 Å². The molecule has 1 aromatic carbocycles. The Hall–Kier alpha value is -1.84. The van der Waals surface area contributed by atoms with Gasteiger partial charge in [-0.3, -0.25) is 9.79 Å². The van der Waals surface area contributed by atoms with E-state index in [1.54, 1.807) is 0 Å². The van der Waals surface area contributed by atoms with Crippen molar-refractivity contribution in [2.24, 2.45) is 4.99 Å². The van der Waals surface area contributed by atoms with Gasteiger partial charge in [0, 0.05) is 31.6 Å². The first kappa shape index (κ1) is 14.6. The highest BCUT2D eigenvalue weighted by molar-refractivity contribution is 5.88. The Balaban J connectivity index is 2.02. The zero-order valence-corrected chi connectivity index (χ0v) is 12.3. The molecule has 1 heterocycles. The molecule has 4 heteroatoms. The standard InChI is InChI=1S/C16H23N3O/c1-12(18-16-9-4-3-5-10-17-16)14-7-6-8-15(11-14)19-13(2)20/h6-8,11-12H,3-5,9-10H2,1-2H3,(H,17,18)(H,19,20). The maximum Gasteiger partial charge on any atom is 0.221 e. The zero-order chi connectivity index (χ0) is 14.4. The third kappa shape index (κ3) is 4.37. The van der Waals surface area contributed by atoms with Crippen molar-refractivity contribution in [2.75, 3.05) is 11.9 Å². The molecule has 4 nitrogen and oxygen atoms in total. The number of benzene rings is 1. The quantitative estimate of drug-likeness (QED) is 0.888. The van der Waals surface area contributed by atoms with Crippen LogP contribution >= 0.6 is 0 Å². The molecule has 0 radical (unpaired) electrons. The summed E-state index contributed by atoms with van der Waals surface area (Å²) in [7, 11) is 0. The molecule has 0 spiro atoms. The van der Waals surface area contributed by atoms with Crippen molar-refractivity contribution in [1.29, 1.82) is 0 Å². The second kappa shape index (κ2) is 7.08. The number of rotatable bonds is 3. The number of carbonyl (C=O) groups excluding carboxylic acids is 1. The smallest absolute Gasteiger partial charge is 0.221 e. The number of amidine groups is 1. The summed E-state index contributed by atoms with van der Waals surface area (Å²) in [6.45, 7) is 4.58. The lowest BCUT2D eigenvalue weighted by molar-refractivity contribution is -0.114. The Morgan fingerprint density at radius 2 is 2.15 bits per heavy atom. The number of anilines is 1. The minimum Gasteiger partial charge on any atom is -0.367 e. The summed E-state index contributed by atoms with van der Waals surface area (Å²) < 4.78 is 0. The van der Waals surface area contributed by atoms with Gasteiger partial charge >= 0.3 is 0 Å². The molecule has 1 unspecified atom stereocenters. The maximum atomic E-state index is 11.1. The van der Waals surface area contributed by atoms with Crippen molar-refractivity contribution in [3.05, 3.63) is 29.8 Å². The Bertz CT molecular complexity index is 496. The average molecular weight is 273 g/mol. The van der Waals surface area contributed by atoms with Crippen molar-refractivity contribution >= 4 is 17.4 Å². The highest BCUT2D eigenvalue weighted by Gasteiger charge is 2.10. The van der Waals surface area contributed by atoms with Crippen LogP contribution in [0, 0.1) is 0 Å². The van der Waals surface area contributed by atoms with Gasteiger partial charge < -0.3 is 10.6 Å². The first-order valence-electron chi connectivity index (χ1n) is 7.32. The van der Waals surface area contributed by atoms with Crippen LogP contribution in [0.15, 0.2) is 29.3 Å². The highest BCUT2D eigenvalue weighted by Crippen LogP contribution is 2.18. The summed E-state index contributed by atoms with van der Waals surface area (Å²) in [4.78, 5) is 15.7. The molecule has 2 N–H and O–H groups in total. The highest BCUT2D eigenvalue weighted by atomic mass is 16.1. The molecule has 20 heavy (non-hydrogen) atoms. The fourth-order valence-corrected chi connectivity index (χ4v) is 2.41. The van der Waals surface area contributed by atoms with E-state index in [0.29, 0.717) is 0 Å². The first-order valence-corrected chi connectivity index (χ1v) is 7.32. The number of carbonyl (C=O) groups is 1. The Kier molecular flexibility index (Phi) is 5.16. The van der Waals surface area contributed by atoms with Gasteiger partial charge in [-0.05, 0) is 37.5 Å². The molecule has 0 fully saturated rings. The lowest BCUT2D eigenvalue weighted by atomic mass is 10.1. The van der Waals surface area contributed by atoms with Crippen molar-refractivity contribution in [3.8, 4) is 0 Å². The van der Waals surface area contributed by atoms with Gasteiger partial charge in [0.15, 0.2) is 0 Å². The van der Waals surface area contributed by atoms with E-state index in [9.17, 15) is 4.79 Å². The molecule has 1 aliphatic rings. The summed E-state index contributed by atoms with van der Waals surface area (Å²) in [5.41, 5.74) is 2.00. The van der Waals surface area contributed by atoms with Crippen LogP contribution in [0.5, 0.6) is 0 Å². The third-order valence-electron chi connectivity index (χ3n) is 3.46. The van der Waals surface area contributed by atoms with Crippen LogP contribution < -0.4 is 10.6 Å². The van der Waals surface area contributed by atoms with Gasteiger partial charge in [-0.25, -0.2) is 0 Å². The van der Waals surface area contributed by atoms with Crippen LogP contribution in [0.1, 0.15) is 51.1 Å². The van der Waals surface area contributed by atoms with E-state index in [-0.39, 0.29) is 11.9 Å². The normalized spacial score (nSPS) is 16.8. The number of hydrogen-bond acceptors (Lipinski definition) is 3. The van der Waals surface area contributed by atoms with Crippen LogP contribution in [0.4, 0.5) is 5.69 Å². The molecule has 0 bridgehead atoms. The predicted molar refractivity (Wildman–Crippen MR) is 83.1 cm³/mol. The number of amides is 1. The summed E-state index contributed by atoms with van der Waals surface area (Å²) in [6, 6.07) is 8.14. The minimum atomic E-state index is -0.0455. The molecule has 1 atom stereocenters. The number of nitrogens with zero attached hydrogens (tertiary/aromatic N) is 1. The van der Waals surface area contributed by atoms with Crippen LogP contribution in [-0.2, 0) is 4.79 Å². The van der Waals surface area contributed by atoms with Gasteiger partial charge in [0.05, 0.1) is 5.84 Å². The van der Waals surface area contributed by atoms with Crippen LogP contribution in [0.3, 0.4) is 0 Å². The van der Waals surface area contributed by atoms with Crippen LogP contribution in [0.25, 0.3) is 0 Å². The fraction of sp³-hybridized carbons (Fsp3) is 0.500. The maximum absolute atomic E-state index is 11.1. The lowest BCUT2D eigenvalue weighted by Crippen LogP contribution is -2.26. The molecule has 0 aliphatic carbocycles. The Morgan fingerprint density at radius 3 is 2.95 bits per heavy atom. The monoisotopic (exact) mass is 273 g/mol. The molecule has 0 saturated carbocycles. The minimum absolute atomic E-state index is 0.0455. The van der Waals surface area contributed by atoms with Crippen molar-refractivity contribution < 1.29 is 4.79 Å². The SMILES string of the molecule is CC(=O)Nc1cccc(C(C)NC2=NCCCCC2)c1. The lowest BCUT2D eigenvalue weighted by Gasteiger charge is -2.17. The second-order valence-electron chi connectivity index (χ2n) is 5.31. The van der Waals surface area contributed by atoms with E-state index in [2.05, 4.69) is 28.6 Å². The molecule has 1 aliphatic heterocycles. The average Bonchev–Trinajstić information content (AvgIpc) is 2.67. The number of hydrogen-bond donors (Lipinski definition) is 2. The number of aliphatic imine (C=N–C) groups is 1. The fourth-order valence-electron chi connectivity index (χ4n) is 2.41. The van der Waals surface area contributed by atoms with Gasteiger partial charge in [-0.1, -0.05) is 18.6 Å². The van der Waals surface area contributed by atoms with Crippen LogP contribution in [0.2, 0.25) is 0 Å². The van der Waals surface area contributed by atoms with E-state index >= 15 is 0 Å². The summed E-state index contributed by atoms with van der Waals surface area (Å²) in [6.07, 6.45) is 4.71. The molecular formula is C16H23N3O. The van der Waals surface area contributed by atoms with Crippen molar-refractivity contribution in [1.82, 2.24) is 5.32 Å². The van der Waals surface area contributed by atoms with E-state index in [1.807, 2.05) is 18.2 Å². The van der Waals surface area contributed by atoms with Gasteiger partial charge in [-0.15, -0.1) is 0 Å². The Morgan fingerprint density at radius 1 is 1.30 bits per heavy atom. The molecule has 0 saturated heterocycles. The summed E-state index contributed by atoms with van der Waals surface area (Å²) in [5.74, 6) is 1.07. The van der Waals surface area contributed by atoms with Gasteiger partial charge in [0.2, 0.25) is 5.91 Å². The van der Waals surface area contributed by atoms with E-state index in [1.165, 1.54) is 26.2 Å². The van der Waals surface area contributed by atoms with Crippen LogP contribution in [-0.4, -0.2) is 18.3 Å². The first-order chi connectivity index (χ1) is 9.65. The molecule has 2 rings (SSSR count). The van der Waals surface area contributed by atoms with E-state index in [4.69, 9.17) is 0 Å². The molecule has 1 aromatic rings. The van der Waals surface area contributed by atoms with Gasteiger partial charge in [0.1, 0.15) is 0 Å². The molecule has 0 aromatic heterocycles. The second-order valence-corrected chi connectivity index (χ2v) is 5.31. The van der Waals surface area contributed by atoms with Crippen molar-refractivity contribution in [3.63, 3.8) is 0 Å². The zero-order valence-electron chi connectivity index (χ0n) is 12.3. The van der Waals surface area contributed by atoms with Gasteiger partial charge in [-0.2, -0.15) is 0 Å². The Labute approximate surface area is 120 Å². The summed E-state index contributed by atoms with van der Waals surface area (Å²) >= 11 is 0. The third-order valence-corrected chi connectivity index (χ3v) is 3.46. The molecule has 108 valence electrons. The topological polar surface area (TPSA) is 53.5 Å². The van der Waals surface area contributed by atoms with Gasteiger partial charge in [0.25, 0.3) is 0 Å². The molecule has 1 amide bonds.